The van der Waals surface area contributed by atoms with E-state index in [4.69, 9.17) is 4.74 Å². The zero-order valence-electron chi connectivity index (χ0n) is 10.8. The van der Waals surface area contributed by atoms with E-state index in [1.54, 1.807) is 7.11 Å². The van der Waals surface area contributed by atoms with Crippen LogP contribution in [0.25, 0.3) is 0 Å². The molecule has 1 aliphatic carbocycles. The van der Waals surface area contributed by atoms with E-state index in [2.05, 4.69) is 37.9 Å². The van der Waals surface area contributed by atoms with Crippen LogP contribution >= 0.6 is 31.9 Å². The van der Waals surface area contributed by atoms with Crippen LogP contribution < -0.4 is 4.74 Å². The van der Waals surface area contributed by atoms with E-state index in [-0.39, 0.29) is 0 Å². The monoisotopic (exact) mass is 374 g/mol. The van der Waals surface area contributed by atoms with Crippen molar-refractivity contribution >= 4 is 31.9 Å². The zero-order valence-corrected chi connectivity index (χ0v) is 14.0. The molecule has 0 heterocycles. The summed E-state index contributed by atoms with van der Waals surface area (Å²) in [6.07, 6.45) is 8.29. The minimum Gasteiger partial charge on any atom is -0.497 e. The van der Waals surface area contributed by atoms with E-state index in [0.717, 1.165) is 16.1 Å². The Balaban J connectivity index is 2.01. The fraction of sp³-hybridized carbons (Fsp3) is 0.600. The summed E-state index contributed by atoms with van der Waals surface area (Å²) in [7, 11) is 1.70. The predicted molar refractivity (Wildman–Crippen MR) is 83.6 cm³/mol. The summed E-state index contributed by atoms with van der Waals surface area (Å²) in [6, 6.07) is 6.24. The lowest BCUT2D eigenvalue weighted by molar-refractivity contribution is 0.338. The molecule has 1 atom stereocenters. The molecule has 3 heteroatoms. The van der Waals surface area contributed by atoms with Gasteiger partial charge in [-0.05, 0) is 30.0 Å². The fourth-order valence-corrected chi connectivity index (χ4v) is 4.60. The van der Waals surface area contributed by atoms with Gasteiger partial charge in [0.1, 0.15) is 5.75 Å². The predicted octanol–water partition coefficient (Wildman–Crippen LogP) is 5.86. The van der Waals surface area contributed by atoms with Crippen LogP contribution in [0.3, 0.4) is 0 Å². The molecule has 100 valence electrons. The third-order valence-electron chi connectivity index (χ3n) is 3.81. The minimum absolute atomic E-state index is 0.445. The van der Waals surface area contributed by atoms with Gasteiger partial charge in [-0.2, -0.15) is 0 Å². The maximum Gasteiger partial charge on any atom is 0.120 e. The molecule has 1 fully saturated rings. The van der Waals surface area contributed by atoms with Crippen LogP contribution in [0.4, 0.5) is 0 Å². The van der Waals surface area contributed by atoms with Crippen molar-refractivity contribution in [2.75, 3.05) is 7.11 Å². The lowest BCUT2D eigenvalue weighted by Gasteiger charge is -2.24. The van der Waals surface area contributed by atoms with Crippen molar-refractivity contribution in [3.8, 4) is 5.75 Å². The number of rotatable bonds is 4. The average molecular weight is 376 g/mol. The number of methoxy groups -OCH3 is 1. The smallest absolute Gasteiger partial charge is 0.120 e. The van der Waals surface area contributed by atoms with Crippen LogP contribution in [-0.2, 0) is 0 Å². The summed E-state index contributed by atoms with van der Waals surface area (Å²) in [5.74, 6) is 1.79. The first-order valence-electron chi connectivity index (χ1n) is 6.68. The topological polar surface area (TPSA) is 9.23 Å². The Morgan fingerprint density at radius 1 is 1.28 bits per heavy atom. The number of alkyl halides is 1. The summed E-state index contributed by atoms with van der Waals surface area (Å²) in [5.41, 5.74) is 1.33. The first-order valence-corrected chi connectivity index (χ1v) is 8.39. The summed E-state index contributed by atoms with van der Waals surface area (Å²) >= 11 is 7.49. The van der Waals surface area contributed by atoms with Crippen LogP contribution in [0.15, 0.2) is 22.7 Å². The van der Waals surface area contributed by atoms with Gasteiger partial charge in [0.15, 0.2) is 0 Å². The van der Waals surface area contributed by atoms with Gasteiger partial charge in [-0.15, -0.1) is 0 Å². The highest BCUT2D eigenvalue weighted by Crippen LogP contribution is 2.39. The van der Waals surface area contributed by atoms with E-state index in [9.17, 15) is 0 Å². The second kappa shape index (κ2) is 6.95. The maximum absolute atomic E-state index is 5.23. The summed E-state index contributed by atoms with van der Waals surface area (Å²) in [4.78, 5) is 0.445. The standard InChI is InChI=1S/C15H20Br2O/c1-18-12-7-8-13(15(17)10-12)14(16)9-11-5-3-2-4-6-11/h7-8,10-11,14H,2-6,9H2,1H3. The fourth-order valence-electron chi connectivity index (χ4n) is 2.73. The molecule has 0 aliphatic heterocycles. The van der Waals surface area contributed by atoms with Gasteiger partial charge in [-0.25, -0.2) is 0 Å². The molecule has 0 bridgehead atoms. The second-order valence-corrected chi connectivity index (χ2v) is 7.05. The molecule has 1 aliphatic rings. The van der Waals surface area contributed by atoms with Crippen molar-refractivity contribution in [2.24, 2.45) is 5.92 Å². The van der Waals surface area contributed by atoms with Gasteiger partial charge in [-0.3, -0.25) is 0 Å². The first kappa shape index (κ1) is 14.4. The van der Waals surface area contributed by atoms with E-state index in [1.807, 2.05) is 12.1 Å². The Morgan fingerprint density at radius 2 is 2.00 bits per heavy atom. The van der Waals surface area contributed by atoms with Gasteiger partial charge in [-0.1, -0.05) is 70.0 Å². The highest BCUT2D eigenvalue weighted by Gasteiger charge is 2.19. The third kappa shape index (κ3) is 3.74. The van der Waals surface area contributed by atoms with Gasteiger partial charge in [0, 0.05) is 9.30 Å². The van der Waals surface area contributed by atoms with Crippen molar-refractivity contribution in [2.45, 2.75) is 43.4 Å². The lowest BCUT2D eigenvalue weighted by Crippen LogP contribution is -2.08. The van der Waals surface area contributed by atoms with Crippen LogP contribution in [-0.4, -0.2) is 7.11 Å². The van der Waals surface area contributed by atoms with E-state index >= 15 is 0 Å². The van der Waals surface area contributed by atoms with Crippen molar-refractivity contribution in [3.05, 3.63) is 28.2 Å². The number of halogens is 2. The van der Waals surface area contributed by atoms with Crippen molar-refractivity contribution in [1.82, 2.24) is 0 Å². The largest absolute Gasteiger partial charge is 0.497 e. The van der Waals surface area contributed by atoms with Crippen LogP contribution in [0.5, 0.6) is 5.75 Å². The SMILES string of the molecule is COc1ccc(C(Br)CC2CCCCC2)c(Br)c1. The summed E-state index contributed by atoms with van der Waals surface area (Å²) in [5, 5.41) is 0. The van der Waals surface area contributed by atoms with Gasteiger partial charge >= 0.3 is 0 Å². The highest BCUT2D eigenvalue weighted by atomic mass is 79.9. The zero-order chi connectivity index (χ0) is 13.0. The molecule has 1 aromatic carbocycles. The van der Waals surface area contributed by atoms with Gasteiger partial charge in [0.25, 0.3) is 0 Å². The van der Waals surface area contributed by atoms with Crippen molar-refractivity contribution in [1.29, 1.82) is 0 Å². The summed E-state index contributed by atoms with van der Waals surface area (Å²) in [6.45, 7) is 0. The highest BCUT2D eigenvalue weighted by molar-refractivity contribution is 9.11. The Hall–Kier alpha value is -0.0200. The molecule has 0 amide bonds. The molecule has 2 rings (SSSR count). The third-order valence-corrected chi connectivity index (χ3v) is 5.36. The summed E-state index contributed by atoms with van der Waals surface area (Å²) < 4.78 is 6.37. The molecule has 0 radical (unpaired) electrons. The Kier molecular flexibility index (Phi) is 5.56. The molecule has 0 aromatic heterocycles. The number of hydrogen-bond donors (Lipinski definition) is 0. The van der Waals surface area contributed by atoms with Crippen molar-refractivity contribution in [3.63, 3.8) is 0 Å². The Morgan fingerprint density at radius 3 is 2.61 bits per heavy atom. The molecule has 1 aromatic rings. The molecule has 0 saturated heterocycles. The van der Waals surface area contributed by atoms with Gasteiger partial charge < -0.3 is 4.74 Å². The van der Waals surface area contributed by atoms with Gasteiger partial charge in [0.2, 0.25) is 0 Å². The molecular formula is C15H20Br2O. The van der Waals surface area contributed by atoms with E-state index in [0.29, 0.717) is 4.83 Å². The molecule has 1 saturated carbocycles. The van der Waals surface area contributed by atoms with E-state index in [1.165, 1.54) is 44.1 Å². The average Bonchev–Trinajstić information content (AvgIpc) is 2.39. The molecule has 0 spiro atoms. The number of hydrogen-bond acceptors (Lipinski definition) is 1. The lowest BCUT2D eigenvalue weighted by atomic mass is 9.85. The molecule has 1 unspecified atom stereocenters. The van der Waals surface area contributed by atoms with Crippen molar-refractivity contribution < 1.29 is 4.74 Å². The Labute approximate surface area is 127 Å². The van der Waals surface area contributed by atoms with Crippen LogP contribution in [0.2, 0.25) is 0 Å². The Bertz CT molecular complexity index is 386. The first-order chi connectivity index (χ1) is 8.70. The van der Waals surface area contributed by atoms with Crippen LogP contribution in [0.1, 0.15) is 48.9 Å². The van der Waals surface area contributed by atoms with Crippen LogP contribution in [0, 0.1) is 5.92 Å². The molecule has 1 nitrogen and oxygen atoms in total. The molecular weight excluding hydrogens is 356 g/mol. The second-order valence-electron chi connectivity index (χ2n) is 5.09. The number of benzene rings is 1. The minimum atomic E-state index is 0.445. The normalized spacial score (nSPS) is 18.6. The quantitative estimate of drug-likeness (QED) is 0.598. The molecule has 0 N–H and O–H groups in total. The van der Waals surface area contributed by atoms with E-state index < -0.39 is 0 Å². The maximum atomic E-state index is 5.23. The van der Waals surface area contributed by atoms with Gasteiger partial charge in [0.05, 0.1) is 7.11 Å². The molecule has 18 heavy (non-hydrogen) atoms. The number of ether oxygens (including phenoxy) is 1.